The van der Waals surface area contributed by atoms with E-state index in [9.17, 15) is 13.6 Å². The van der Waals surface area contributed by atoms with E-state index in [1.807, 2.05) is 0 Å². The third-order valence-corrected chi connectivity index (χ3v) is 2.70. The summed E-state index contributed by atoms with van der Waals surface area (Å²) >= 11 is 0. The summed E-state index contributed by atoms with van der Waals surface area (Å²) in [6.45, 7) is -2.94. The van der Waals surface area contributed by atoms with Crippen LogP contribution in [0.2, 0.25) is 0 Å². The molecule has 0 fully saturated rings. The Morgan fingerprint density at radius 3 is 2.50 bits per heavy atom. The summed E-state index contributed by atoms with van der Waals surface area (Å²) in [5, 5.41) is 8.90. The molecule has 0 amide bonds. The van der Waals surface area contributed by atoms with Crippen molar-refractivity contribution in [3.05, 3.63) is 48.0 Å². The van der Waals surface area contributed by atoms with Crippen LogP contribution in [0, 0.1) is 0 Å². The number of rotatable bonds is 4. The van der Waals surface area contributed by atoms with Gasteiger partial charge in [0.05, 0.1) is 5.56 Å². The maximum absolute atomic E-state index is 12.3. The lowest BCUT2D eigenvalue weighted by atomic mass is 10.0. The van der Waals surface area contributed by atoms with E-state index < -0.39 is 12.6 Å². The lowest BCUT2D eigenvalue weighted by Gasteiger charge is -2.11. The molecule has 0 spiro atoms. The average Bonchev–Trinajstić information content (AvgIpc) is 2.38. The number of carbonyl (C=O) groups is 1. The molecule has 0 aromatic heterocycles. The van der Waals surface area contributed by atoms with Crippen molar-refractivity contribution in [3.63, 3.8) is 0 Å². The van der Waals surface area contributed by atoms with Gasteiger partial charge in [-0.15, -0.1) is 0 Å². The molecule has 20 heavy (non-hydrogen) atoms. The summed E-state index contributed by atoms with van der Waals surface area (Å²) in [7, 11) is 0. The molecule has 104 valence electrons. The van der Waals surface area contributed by atoms with Crippen LogP contribution >= 0.6 is 0 Å². The number of halogens is 2. The lowest BCUT2D eigenvalue weighted by Crippen LogP contribution is -2.04. The summed E-state index contributed by atoms with van der Waals surface area (Å²) in [5.41, 5.74) is 6.57. The van der Waals surface area contributed by atoms with Gasteiger partial charge in [-0.2, -0.15) is 8.78 Å². The van der Waals surface area contributed by atoms with E-state index in [4.69, 9.17) is 10.8 Å². The van der Waals surface area contributed by atoms with E-state index in [1.54, 1.807) is 18.2 Å². The second kappa shape index (κ2) is 5.56. The molecule has 2 rings (SSSR count). The van der Waals surface area contributed by atoms with Crippen LogP contribution in [0.4, 0.5) is 14.5 Å². The highest BCUT2D eigenvalue weighted by Gasteiger charge is 2.13. The Morgan fingerprint density at radius 2 is 1.90 bits per heavy atom. The van der Waals surface area contributed by atoms with Gasteiger partial charge in [0.2, 0.25) is 0 Å². The number of nitrogen functional groups attached to an aromatic ring is 1. The van der Waals surface area contributed by atoms with E-state index in [1.165, 1.54) is 24.3 Å². The largest absolute Gasteiger partial charge is 0.478 e. The summed E-state index contributed by atoms with van der Waals surface area (Å²) in [6.07, 6.45) is 0. The van der Waals surface area contributed by atoms with Gasteiger partial charge >= 0.3 is 12.6 Å². The summed E-state index contributed by atoms with van der Waals surface area (Å²) < 4.78 is 29.1. The normalized spacial score (nSPS) is 10.6. The second-order valence-corrected chi connectivity index (χ2v) is 3.98. The maximum atomic E-state index is 12.3. The van der Waals surface area contributed by atoms with Gasteiger partial charge < -0.3 is 15.6 Å². The van der Waals surface area contributed by atoms with E-state index in [0.29, 0.717) is 11.1 Å². The highest BCUT2D eigenvalue weighted by molar-refractivity contribution is 5.95. The van der Waals surface area contributed by atoms with Crippen molar-refractivity contribution in [2.75, 3.05) is 5.73 Å². The van der Waals surface area contributed by atoms with Gasteiger partial charge in [-0.25, -0.2) is 4.79 Å². The topological polar surface area (TPSA) is 72.5 Å². The Balaban J connectivity index is 2.46. The first kappa shape index (κ1) is 13.8. The van der Waals surface area contributed by atoms with Crippen LogP contribution in [-0.4, -0.2) is 17.7 Å². The Hall–Kier alpha value is -2.63. The van der Waals surface area contributed by atoms with Crippen molar-refractivity contribution in [1.29, 1.82) is 0 Å². The molecule has 2 aromatic rings. The van der Waals surface area contributed by atoms with Gasteiger partial charge in [0.1, 0.15) is 5.75 Å². The Labute approximate surface area is 113 Å². The zero-order valence-electron chi connectivity index (χ0n) is 10.2. The molecule has 0 unspecified atom stereocenters. The monoisotopic (exact) mass is 279 g/mol. The van der Waals surface area contributed by atoms with E-state index >= 15 is 0 Å². The van der Waals surface area contributed by atoms with Crippen molar-refractivity contribution in [2.24, 2.45) is 0 Å². The molecule has 2 aromatic carbocycles. The highest BCUT2D eigenvalue weighted by Crippen LogP contribution is 2.32. The molecule has 0 heterocycles. The van der Waals surface area contributed by atoms with E-state index in [-0.39, 0.29) is 17.0 Å². The first-order valence-electron chi connectivity index (χ1n) is 5.66. The maximum Gasteiger partial charge on any atom is 0.387 e. The van der Waals surface area contributed by atoms with Gasteiger partial charge in [0.15, 0.2) is 0 Å². The van der Waals surface area contributed by atoms with Crippen LogP contribution in [-0.2, 0) is 0 Å². The molecule has 0 aliphatic carbocycles. The molecule has 3 N–H and O–H groups in total. The summed E-state index contributed by atoms with van der Waals surface area (Å²) in [4.78, 5) is 10.9. The molecule has 0 aliphatic heterocycles. The second-order valence-electron chi connectivity index (χ2n) is 3.98. The highest BCUT2D eigenvalue weighted by atomic mass is 19.3. The van der Waals surface area contributed by atoms with Crippen molar-refractivity contribution in [3.8, 4) is 16.9 Å². The van der Waals surface area contributed by atoms with Crippen LogP contribution in [0.25, 0.3) is 11.1 Å². The summed E-state index contributed by atoms with van der Waals surface area (Å²) in [6, 6.07) is 10.5. The SMILES string of the molecule is Nc1cc(-c2ccccc2OC(F)F)ccc1C(=O)O. The van der Waals surface area contributed by atoms with Crippen molar-refractivity contribution in [2.45, 2.75) is 6.61 Å². The van der Waals surface area contributed by atoms with Gasteiger partial charge in [-0.1, -0.05) is 24.3 Å². The number of ether oxygens (including phenoxy) is 1. The minimum atomic E-state index is -2.94. The molecular weight excluding hydrogens is 268 g/mol. The average molecular weight is 279 g/mol. The molecule has 4 nitrogen and oxygen atoms in total. The van der Waals surface area contributed by atoms with Crippen LogP contribution in [0.3, 0.4) is 0 Å². The molecule has 0 saturated carbocycles. The number of para-hydroxylation sites is 1. The fourth-order valence-corrected chi connectivity index (χ4v) is 1.83. The first-order valence-corrected chi connectivity index (χ1v) is 5.66. The molecule has 0 bridgehead atoms. The number of nitrogens with two attached hydrogens (primary N) is 1. The molecule has 6 heteroatoms. The Kier molecular flexibility index (Phi) is 3.84. The van der Waals surface area contributed by atoms with Crippen LogP contribution < -0.4 is 10.5 Å². The van der Waals surface area contributed by atoms with Gasteiger partial charge in [0, 0.05) is 11.3 Å². The minimum Gasteiger partial charge on any atom is -0.478 e. The van der Waals surface area contributed by atoms with Crippen LogP contribution in [0.15, 0.2) is 42.5 Å². The van der Waals surface area contributed by atoms with Crippen molar-refractivity contribution in [1.82, 2.24) is 0 Å². The third kappa shape index (κ3) is 2.85. The standard InChI is InChI=1S/C14H11F2NO3/c15-14(16)20-12-4-2-1-3-9(12)8-5-6-10(13(18)19)11(17)7-8/h1-7,14H,17H2,(H,18,19). The quantitative estimate of drug-likeness (QED) is 0.843. The van der Waals surface area contributed by atoms with Gasteiger partial charge in [-0.3, -0.25) is 0 Å². The number of benzene rings is 2. The molecular formula is C14H11F2NO3. The zero-order valence-corrected chi connectivity index (χ0v) is 10.2. The molecule has 0 aliphatic rings. The predicted molar refractivity (Wildman–Crippen MR) is 69.9 cm³/mol. The fourth-order valence-electron chi connectivity index (χ4n) is 1.83. The zero-order chi connectivity index (χ0) is 14.7. The first-order chi connectivity index (χ1) is 9.49. The molecule has 0 radical (unpaired) electrons. The molecule has 0 atom stereocenters. The number of alkyl halides is 2. The predicted octanol–water partition coefficient (Wildman–Crippen LogP) is 3.24. The summed E-state index contributed by atoms with van der Waals surface area (Å²) in [5.74, 6) is -1.14. The number of anilines is 1. The smallest absolute Gasteiger partial charge is 0.387 e. The van der Waals surface area contributed by atoms with Crippen LogP contribution in [0.1, 0.15) is 10.4 Å². The van der Waals surface area contributed by atoms with Gasteiger partial charge in [-0.05, 0) is 23.8 Å². The fraction of sp³-hybridized carbons (Fsp3) is 0.0714. The number of carboxylic acids is 1. The number of aromatic carboxylic acids is 1. The van der Waals surface area contributed by atoms with Gasteiger partial charge in [0.25, 0.3) is 0 Å². The van der Waals surface area contributed by atoms with Crippen molar-refractivity contribution < 1.29 is 23.4 Å². The van der Waals surface area contributed by atoms with Crippen molar-refractivity contribution >= 4 is 11.7 Å². The van der Waals surface area contributed by atoms with Crippen LogP contribution in [0.5, 0.6) is 5.75 Å². The third-order valence-electron chi connectivity index (χ3n) is 2.70. The van der Waals surface area contributed by atoms with E-state index in [0.717, 1.165) is 0 Å². The number of hydrogen-bond donors (Lipinski definition) is 2. The Morgan fingerprint density at radius 1 is 1.20 bits per heavy atom. The van der Waals surface area contributed by atoms with E-state index in [2.05, 4.69) is 4.74 Å². The Bertz CT molecular complexity index is 644. The lowest BCUT2D eigenvalue weighted by molar-refractivity contribution is -0.0494. The minimum absolute atomic E-state index is 0.00461. The number of carboxylic acid groups (broad SMARTS) is 1. The molecule has 0 saturated heterocycles. The number of hydrogen-bond acceptors (Lipinski definition) is 3.